The highest BCUT2D eigenvalue weighted by atomic mass is 32.2. The van der Waals surface area contributed by atoms with Gasteiger partial charge in [0.05, 0.1) is 11.5 Å². The first-order valence-corrected chi connectivity index (χ1v) is 7.63. The zero-order chi connectivity index (χ0) is 15.5. The number of rotatable bonds is 5. The van der Waals surface area contributed by atoms with Crippen molar-refractivity contribution in [2.75, 3.05) is 5.73 Å². The summed E-state index contributed by atoms with van der Waals surface area (Å²) in [6, 6.07) is 9.95. The number of nitrogens with one attached hydrogen (secondary N) is 1. The fraction of sp³-hybridized carbons (Fsp3) is 0.143. The minimum atomic E-state index is -3.84. The summed E-state index contributed by atoms with van der Waals surface area (Å²) in [6.45, 7) is -0.0148. The number of hydrogen-bond acceptors (Lipinski definition) is 4. The molecule has 0 aliphatic carbocycles. The molecule has 0 spiro atoms. The molecule has 5 nitrogen and oxygen atoms in total. The average molecular weight is 310 g/mol. The largest absolute Gasteiger partial charge is 0.399 e. The minimum absolute atomic E-state index is 0.0441. The lowest BCUT2D eigenvalue weighted by Gasteiger charge is -2.08. The molecule has 7 heteroatoms. The zero-order valence-electron chi connectivity index (χ0n) is 11.1. The van der Waals surface area contributed by atoms with E-state index in [9.17, 15) is 12.8 Å². The first-order chi connectivity index (χ1) is 9.90. The molecule has 0 atom stereocenters. The Morgan fingerprint density at radius 3 is 2.29 bits per heavy atom. The van der Waals surface area contributed by atoms with Gasteiger partial charge in [-0.2, -0.15) is 0 Å². The fourth-order valence-electron chi connectivity index (χ4n) is 1.76. The van der Waals surface area contributed by atoms with Gasteiger partial charge in [-0.1, -0.05) is 24.3 Å². The third kappa shape index (κ3) is 4.01. The van der Waals surface area contributed by atoms with Crippen LogP contribution in [0.15, 0.2) is 47.4 Å². The molecular formula is C14H15FN2O3S. The third-order valence-electron chi connectivity index (χ3n) is 2.88. The topological polar surface area (TPSA) is 92.4 Å². The maximum absolute atomic E-state index is 13.2. The van der Waals surface area contributed by atoms with Gasteiger partial charge >= 0.3 is 0 Å². The molecule has 0 unspecified atom stereocenters. The molecule has 0 saturated carbocycles. The van der Waals surface area contributed by atoms with Crippen LogP contribution in [-0.2, 0) is 23.2 Å². The molecule has 2 aromatic carbocycles. The molecule has 0 radical (unpaired) electrons. The first-order valence-electron chi connectivity index (χ1n) is 6.15. The lowest BCUT2D eigenvalue weighted by molar-refractivity contribution is 0.282. The molecule has 112 valence electrons. The first kappa shape index (κ1) is 15.4. The van der Waals surface area contributed by atoms with Gasteiger partial charge in [0.25, 0.3) is 0 Å². The summed E-state index contributed by atoms with van der Waals surface area (Å²) in [5, 5.41) is 8.93. The van der Waals surface area contributed by atoms with Crippen molar-refractivity contribution in [1.29, 1.82) is 0 Å². The molecule has 0 bridgehead atoms. The highest BCUT2D eigenvalue weighted by Gasteiger charge is 2.15. The Bertz CT molecular complexity index is 710. The summed E-state index contributed by atoms with van der Waals surface area (Å²) in [5.74, 6) is -0.706. The number of anilines is 1. The van der Waals surface area contributed by atoms with E-state index in [1.165, 1.54) is 6.07 Å². The summed E-state index contributed by atoms with van der Waals surface area (Å²) in [6.07, 6.45) is 0. The lowest BCUT2D eigenvalue weighted by atomic mass is 10.1. The monoisotopic (exact) mass is 310 g/mol. The van der Waals surface area contributed by atoms with Crippen LogP contribution in [0, 0.1) is 5.82 Å². The lowest BCUT2D eigenvalue weighted by Crippen LogP contribution is -2.23. The predicted molar refractivity (Wildman–Crippen MR) is 77.2 cm³/mol. The number of aliphatic hydroxyl groups is 1. The molecule has 0 amide bonds. The number of benzene rings is 2. The average Bonchev–Trinajstić information content (AvgIpc) is 2.45. The van der Waals surface area contributed by atoms with E-state index >= 15 is 0 Å². The van der Waals surface area contributed by atoms with Crippen molar-refractivity contribution >= 4 is 15.7 Å². The predicted octanol–water partition coefficient (Wildman–Crippen LogP) is 1.38. The maximum Gasteiger partial charge on any atom is 0.241 e. The molecule has 0 heterocycles. The second kappa shape index (κ2) is 6.21. The normalized spacial score (nSPS) is 11.5. The van der Waals surface area contributed by atoms with Crippen molar-refractivity contribution in [1.82, 2.24) is 4.72 Å². The highest BCUT2D eigenvalue weighted by Crippen LogP contribution is 2.16. The third-order valence-corrected chi connectivity index (χ3v) is 4.26. The molecule has 0 fully saturated rings. The standard InChI is InChI=1S/C14H15FN2O3S/c15-12-5-13(16)7-14(6-12)21(19,20)17-8-10-1-3-11(9-18)4-2-10/h1-7,17-18H,8-9,16H2. The minimum Gasteiger partial charge on any atom is -0.399 e. The molecular weight excluding hydrogens is 295 g/mol. The summed E-state index contributed by atoms with van der Waals surface area (Å²) >= 11 is 0. The Hall–Kier alpha value is -1.96. The van der Waals surface area contributed by atoms with Crippen LogP contribution in [0.5, 0.6) is 0 Å². The Morgan fingerprint density at radius 2 is 1.71 bits per heavy atom. The van der Waals surface area contributed by atoms with Crippen LogP contribution < -0.4 is 10.5 Å². The summed E-state index contributed by atoms with van der Waals surface area (Å²) < 4.78 is 39.7. The van der Waals surface area contributed by atoms with Crippen LogP contribution >= 0.6 is 0 Å². The van der Waals surface area contributed by atoms with E-state index in [-0.39, 0.29) is 23.7 Å². The number of sulfonamides is 1. The van der Waals surface area contributed by atoms with Gasteiger partial charge in [-0.05, 0) is 29.3 Å². The van der Waals surface area contributed by atoms with Crippen molar-refractivity contribution in [3.63, 3.8) is 0 Å². The molecule has 0 aliphatic heterocycles. The highest BCUT2D eigenvalue weighted by molar-refractivity contribution is 7.89. The van der Waals surface area contributed by atoms with E-state index in [4.69, 9.17) is 10.8 Å². The number of aliphatic hydroxyl groups excluding tert-OH is 1. The Balaban J connectivity index is 2.13. The van der Waals surface area contributed by atoms with E-state index in [2.05, 4.69) is 4.72 Å². The molecule has 2 rings (SSSR count). The SMILES string of the molecule is Nc1cc(F)cc(S(=O)(=O)NCc2ccc(CO)cc2)c1. The van der Waals surface area contributed by atoms with Crippen LogP contribution in [0.3, 0.4) is 0 Å². The molecule has 21 heavy (non-hydrogen) atoms. The summed E-state index contributed by atoms with van der Waals surface area (Å²) in [4.78, 5) is -0.216. The van der Waals surface area contributed by atoms with Crippen LogP contribution in [0.2, 0.25) is 0 Å². The van der Waals surface area contributed by atoms with E-state index in [1.807, 2.05) is 0 Å². The van der Waals surface area contributed by atoms with Crippen LogP contribution in [-0.4, -0.2) is 13.5 Å². The van der Waals surface area contributed by atoms with E-state index in [0.29, 0.717) is 0 Å². The van der Waals surface area contributed by atoms with Gasteiger partial charge in [0.15, 0.2) is 0 Å². The zero-order valence-corrected chi connectivity index (χ0v) is 11.9. The summed E-state index contributed by atoms with van der Waals surface area (Å²) in [7, 11) is -3.84. The molecule has 2 aromatic rings. The Labute approximate surface area is 122 Å². The van der Waals surface area contributed by atoms with Crippen molar-refractivity contribution < 1.29 is 17.9 Å². The van der Waals surface area contributed by atoms with Crippen LogP contribution in [0.4, 0.5) is 10.1 Å². The number of nitrogens with two attached hydrogens (primary N) is 1. The Kier molecular flexibility index (Phi) is 4.56. The van der Waals surface area contributed by atoms with E-state index in [1.54, 1.807) is 24.3 Å². The second-order valence-corrected chi connectivity index (χ2v) is 6.29. The van der Waals surface area contributed by atoms with Gasteiger partial charge in [-0.3, -0.25) is 0 Å². The quantitative estimate of drug-likeness (QED) is 0.727. The van der Waals surface area contributed by atoms with Gasteiger partial charge in [0.2, 0.25) is 10.0 Å². The van der Waals surface area contributed by atoms with Crippen molar-refractivity contribution in [3.05, 3.63) is 59.4 Å². The summed E-state index contributed by atoms with van der Waals surface area (Å²) in [5.41, 5.74) is 6.94. The van der Waals surface area contributed by atoms with E-state index in [0.717, 1.165) is 23.3 Å². The number of hydrogen-bond donors (Lipinski definition) is 3. The molecule has 0 aromatic heterocycles. The van der Waals surface area contributed by atoms with Gasteiger partial charge < -0.3 is 10.8 Å². The van der Waals surface area contributed by atoms with Crippen LogP contribution in [0.25, 0.3) is 0 Å². The second-order valence-electron chi connectivity index (χ2n) is 4.52. The van der Waals surface area contributed by atoms with Gasteiger partial charge in [-0.15, -0.1) is 0 Å². The van der Waals surface area contributed by atoms with Gasteiger partial charge in [0, 0.05) is 12.2 Å². The number of nitrogen functional groups attached to an aromatic ring is 1. The molecule has 4 N–H and O–H groups in total. The Morgan fingerprint density at radius 1 is 1.10 bits per heavy atom. The molecule has 0 saturated heterocycles. The van der Waals surface area contributed by atoms with Crippen molar-refractivity contribution in [3.8, 4) is 0 Å². The maximum atomic E-state index is 13.2. The van der Waals surface area contributed by atoms with Gasteiger partial charge in [0.1, 0.15) is 5.82 Å². The van der Waals surface area contributed by atoms with Crippen molar-refractivity contribution in [2.24, 2.45) is 0 Å². The number of halogens is 1. The smallest absolute Gasteiger partial charge is 0.241 e. The van der Waals surface area contributed by atoms with Crippen molar-refractivity contribution in [2.45, 2.75) is 18.0 Å². The van der Waals surface area contributed by atoms with E-state index < -0.39 is 15.8 Å². The van der Waals surface area contributed by atoms with Gasteiger partial charge in [-0.25, -0.2) is 17.5 Å². The molecule has 0 aliphatic rings. The van der Waals surface area contributed by atoms with Crippen LogP contribution in [0.1, 0.15) is 11.1 Å². The fourth-order valence-corrected chi connectivity index (χ4v) is 2.85.